The van der Waals surface area contributed by atoms with Crippen molar-refractivity contribution in [3.63, 3.8) is 0 Å². The van der Waals surface area contributed by atoms with Crippen LogP contribution in [0.3, 0.4) is 0 Å². The molecular formula is C12H15BrF2N2O. The molecule has 0 aromatic heterocycles. The first-order valence-electron chi connectivity index (χ1n) is 5.52. The van der Waals surface area contributed by atoms with Gasteiger partial charge in [-0.3, -0.25) is 4.79 Å². The molecule has 0 aliphatic carbocycles. The highest BCUT2D eigenvalue weighted by Crippen LogP contribution is 2.24. The third-order valence-electron chi connectivity index (χ3n) is 2.32. The van der Waals surface area contributed by atoms with E-state index in [0.717, 1.165) is 12.1 Å². The fourth-order valence-electron chi connectivity index (χ4n) is 1.49. The number of rotatable bonds is 4. The van der Waals surface area contributed by atoms with E-state index in [1.165, 1.54) is 0 Å². The molecule has 1 aromatic carbocycles. The van der Waals surface area contributed by atoms with Crippen LogP contribution in [0.5, 0.6) is 0 Å². The molecule has 0 spiro atoms. The molecular weight excluding hydrogens is 306 g/mol. The second-order valence-electron chi connectivity index (χ2n) is 4.47. The summed E-state index contributed by atoms with van der Waals surface area (Å²) in [5, 5.41) is 2.18. The molecule has 3 nitrogen and oxygen atoms in total. The fourth-order valence-corrected chi connectivity index (χ4v) is 1.89. The summed E-state index contributed by atoms with van der Waals surface area (Å²) >= 11 is 2.96. The van der Waals surface area contributed by atoms with Crippen LogP contribution in [-0.2, 0) is 4.79 Å². The molecule has 1 unspecified atom stereocenters. The lowest BCUT2D eigenvalue weighted by atomic mass is 10.0. The monoisotopic (exact) mass is 320 g/mol. The Kier molecular flexibility index (Phi) is 5.22. The molecule has 1 aromatic rings. The van der Waals surface area contributed by atoms with Gasteiger partial charge in [0.15, 0.2) is 11.6 Å². The Morgan fingerprint density at radius 2 is 1.89 bits per heavy atom. The predicted octanol–water partition coefficient (Wildman–Crippen LogP) is 3.04. The summed E-state index contributed by atoms with van der Waals surface area (Å²) in [6.07, 6.45) is 0.450. The number of anilines is 1. The van der Waals surface area contributed by atoms with Gasteiger partial charge in [-0.2, -0.15) is 0 Å². The maximum absolute atomic E-state index is 13.5. The van der Waals surface area contributed by atoms with Crippen molar-refractivity contribution in [3.8, 4) is 0 Å². The number of amides is 1. The molecule has 1 amide bonds. The largest absolute Gasteiger partial charge is 0.320 e. The van der Waals surface area contributed by atoms with Crippen LogP contribution in [0.2, 0.25) is 0 Å². The predicted molar refractivity (Wildman–Crippen MR) is 70.1 cm³/mol. The number of carbonyl (C=O) groups excluding carboxylic acids is 1. The zero-order valence-electron chi connectivity index (χ0n) is 10.1. The van der Waals surface area contributed by atoms with Gasteiger partial charge in [0.25, 0.3) is 0 Å². The first kappa shape index (κ1) is 15.0. The molecule has 1 atom stereocenters. The summed E-state index contributed by atoms with van der Waals surface area (Å²) < 4.78 is 27.2. The van der Waals surface area contributed by atoms with E-state index in [-0.39, 0.29) is 10.4 Å². The van der Waals surface area contributed by atoms with Crippen molar-refractivity contribution in [2.24, 2.45) is 11.7 Å². The Labute approximate surface area is 113 Å². The van der Waals surface area contributed by atoms with E-state index in [0.29, 0.717) is 6.42 Å². The van der Waals surface area contributed by atoms with Crippen LogP contribution < -0.4 is 11.1 Å². The Morgan fingerprint density at radius 3 is 2.33 bits per heavy atom. The Hall–Kier alpha value is -1.01. The SMILES string of the molecule is CC(C)CC(N)C(=O)Nc1c(F)cc(Br)cc1F. The van der Waals surface area contributed by atoms with Gasteiger partial charge in [0.05, 0.1) is 6.04 Å². The van der Waals surface area contributed by atoms with Crippen LogP contribution in [0.25, 0.3) is 0 Å². The maximum Gasteiger partial charge on any atom is 0.241 e. The summed E-state index contributed by atoms with van der Waals surface area (Å²) in [7, 11) is 0. The van der Waals surface area contributed by atoms with E-state index < -0.39 is 29.3 Å². The summed E-state index contributed by atoms with van der Waals surface area (Å²) in [5.41, 5.74) is 5.16. The van der Waals surface area contributed by atoms with E-state index in [1.54, 1.807) is 0 Å². The highest BCUT2D eigenvalue weighted by molar-refractivity contribution is 9.10. The van der Waals surface area contributed by atoms with Crippen molar-refractivity contribution in [2.45, 2.75) is 26.3 Å². The van der Waals surface area contributed by atoms with Crippen LogP contribution in [0, 0.1) is 17.6 Å². The lowest BCUT2D eigenvalue weighted by molar-refractivity contribution is -0.117. The van der Waals surface area contributed by atoms with Crippen molar-refractivity contribution in [2.75, 3.05) is 5.32 Å². The van der Waals surface area contributed by atoms with Gasteiger partial charge < -0.3 is 11.1 Å². The van der Waals surface area contributed by atoms with Gasteiger partial charge >= 0.3 is 0 Å². The van der Waals surface area contributed by atoms with Crippen LogP contribution in [0.15, 0.2) is 16.6 Å². The van der Waals surface area contributed by atoms with Crippen LogP contribution in [0.4, 0.5) is 14.5 Å². The fraction of sp³-hybridized carbons (Fsp3) is 0.417. The number of nitrogens with two attached hydrogens (primary N) is 1. The number of benzene rings is 1. The zero-order valence-corrected chi connectivity index (χ0v) is 11.7. The number of halogens is 3. The van der Waals surface area contributed by atoms with Gasteiger partial charge in [-0.1, -0.05) is 29.8 Å². The van der Waals surface area contributed by atoms with E-state index in [4.69, 9.17) is 5.73 Å². The molecule has 0 bridgehead atoms. The average molecular weight is 321 g/mol. The number of hydrogen-bond acceptors (Lipinski definition) is 2. The maximum atomic E-state index is 13.5. The smallest absolute Gasteiger partial charge is 0.241 e. The molecule has 0 saturated carbocycles. The summed E-state index contributed by atoms with van der Waals surface area (Å²) in [6, 6.07) is 1.37. The molecule has 100 valence electrons. The standard InChI is InChI=1S/C12H15BrF2N2O/c1-6(2)3-10(16)12(18)17-11-8(14)4-7(13)5-9(11)15/h4-6,10H,3,16H2,1-2H3,(H,17,18). The van der Waals surface area contributed by atoms with Crippen LogP contribution >= 0.6 is 15.9 Å². The molecule has 0 aliphatic heterocycles. The van der Waals surface area contributed by atoms with Gasteiger partial charge in [0, 0.05) is 4.47 Å². The van der Waals surface area contributed by atoms with Gasteiger partial charge in [-0.25, -0.2) is 8.78 Å². The molecule has 0 radical (unpaired) electrons. The Bertz CT molecular complexity index is 429. The minimum Gasteiger partial charge on any atom is -0.320 e. The number of hydrogen-bond donors (Lipinski definition) is 2. The normalized spacial score (nSPS) is 12.6. The average Bonchev–Trinajstić information content (AvgIpc) is 2.21. The molecule has 0 saturated heterocycles. The van der Waals surface area contributed by atoms with Crippen molar-refractivity contribution in [1.29, 1.82) is 0 Å². The molecule has 0 aliphatic rings. The highest BCUT2D eigenvalue weighted by atomic mass is 79.9. The third-order valence-corrected chi connectivity index (χ3v) is 2.78. The summed E-state index contributed by atoms with van der Waals surface area (Å²) in [6.45, 7) is 3.82. The number of carbonyl (C=O) groups is 1. The van der Waals surface area contributed by atoms with Crippen LogP contribution in [0.1, 0.15) is 20.3 Å². The first-order chi connectivity index (χ1) is 8.31. The molecule has 1 rings (SSSR count). The summed E-state index contributed by atoms with van der Waals surface area (Å²) in [4.78, 5) is 11.7. The topological polar surface area (TPSA) is 55.1 Å². The lowest BCUT2D eigenvalue weighted by Gasteiger charge is -2.15. The van der Waals surface area contributed by atoms with E-state index in [1.807, 2.05) is 13.8 Å². The van der Waals surface area contributed by atoms with Gasteiger partial charge in [-0.15, -0.1) is 0 Å². The second-order valence-corrected chi connectivity index (χ2v) is 5.39. The summed E-state index contributed by atoms with van der Waals surface area (Å²) in [5.74, 6) is -2.05. The van der Waals surface area contributed by atoms with Crippen molar-refractivity contribution >= 4 is 27.5 Å². The lowest BCUT2D eigenvalue weighted by Crippen LogP contribution is -2.37. The minimum absolute atomic E-state index is 0.227. The molecule has 3 N–H and O–H groups in total. The quantitative estimate of drug-likeness (QED) is 0.895. The zero-order chi connectivity index (χ0) is 13.9. The van der Waals surface area contributed by atoms with E-state index >= 15 is 0 Å². The molecule has 0 heterocycles. The molecule has 0 fully saturated rings. The van der Waals surface area contributed by atoms with Crippen molar-refractivity contribution in [1.82, 2.24) is 0 Å². The minimum atomic E-state index is -0.841. The molecule has 6 heteroatoms. The van der Waals surface area contributed by atoms with Crippen molar-refractivity contribution in [3.05, 3.63) is 28.2 Å². The van der Waals surface area contributed by atoms with Gasteiger partial charge in [0.1, 0.15) is 5.69 Å². The van der Waals surface area contributed by atoms with Gasteiger partial charge in [0.2, 0.25) is 5.91 Å². The second kappa shape index (κ2) is 6.24. The van der Waals surface area contributed by atoms with Gasteiger partial charge in [-0.05, 0) is 24.5 Å². The highest BCUT2D eigenvalue weighted by Gasteiger charge is 2.19. The third kappa shape index (κ3) is 4.03. The first-order valence-corrected chi connectivity index (χ1v) is 6.31. The van der Waals surface area contributed by atoms with Crippen molar-refractivity contribution < 1.29 is 13.6 Å². The number of nitrogens with one attached hydrogen (secondary N) is 1. The Balaban J connectivity index is 2.82. The molecule has 18 heavy (non-hydrogen) atoms. The van der Waals surface area contributed by atoms with Crippen LogP contribution in [-0.4, -0.2) is 11.9 Å². The van der Waals surface area contributed by atoms with E-state index in [9.17, 15) is 13.6 Å². The van der Waals surface area contributed by atoms with E-state index in [2.05, 4.69) is 21.2 Å². The Morgan fingerprint density at radius 1 is 1.39 bits per heavy atom.